The molecule has 0 saturated heterocycles. The molecule has 0 spiro atoms. The molecule has 5 nitrogen and oxygen atoms in total. The molecule has 25 heavy (non-hydrogen) atoms. The van der Waals surface area contributed by atoms with Crippen LogP contribution in [0.3, 0.4) is 0 Å². The summed E-state index contributed by atoms with van der Waals surface area (Å²) in [5.74, 6) is 0.558. The quantitative estimate of drug-likeness (QED) is 0.613. The zero-order valence-electron chi connectivity index (χ0n) is 14.4. The van der Waals surface area contributed by atoms with Gasteiger partial charge in [-0.1, -0.05) is 40.2 Å². The largest absolute Gasteiger partial charge is 0.465 e. The Morgan fingerprint density at radius 1 is 1.20 bits per heavy atom. The van der Waals surface area contributed by atoms with Crippen LogP contribution in [0.1, 0.15) is 26.3 Å². The Labute approximate surface area is 155 Å². The molecule has 0 radical (unpaired) electrons. The normalized spacial score (nSPS) is 11.7. The number of amides is 1. The van der Waals surface area contributed by atoms with Crippen LogP contribution in [-0.2, 0) is 5.33 Å². The maximum Gasteiger partial charge on any atom is 0.413 e. The molecule has 1 heterocycles. The second-order valence-corrected chi connectivity index (χ2v) is 7.41. The first-order valence-electron chi connectivity index (χ1n) is 7.99. The van der Waals surface area contributed by atoms with Crippen LogP contribution >= 0.6 is 15.9 Å². The van der Waals surface area contributed by atoms with Crippen molar-refractivity contribution in [2.45, 2.75) is 31.6 Å². The summed E-state index contributed by atoms with van der Waals surface area (Å²) in [6.07, 6.45) is -1.00. The van der Waals surface area contributed by atoms with E-state index in [0.717, 1.165) is 27.5 Å². The molecule has 0 atom stereocenters. The lowest BCUT2D eigenvalue weighted by Gasteiger charge is -2.33. The van der Waals surface area contributed by atoms with Crippen LogP contribution in [0.15, 0.2) is 48.5 Å². The van der Waals surface area contributed by atoms with E-state index in [0.29, 0.717) is 5.82 Å². The van der Waals surface area contributed by atoms with Crippen LogP contribution in [0.25, 0.3) is 16.6 Å². The van der Waals surface area contributed by atoms with Gasteiger partial charge in [-0.25, -0.2) is 9.48 Å². The average molecular weight is 402 g/mol. The molecule has 2 aromatic carbocycles. The summed E-state index contributed by atoms with van der Waals surface area (Å²) in [5, 5.41) is 16.1. The van der Waals surface area contributed by atoms with Crippen LogP contribution in [0.2, 0.25) is 0 Å². The third-order valence-electron chi connectivity index (χ3n) is 3.94. The molecule has 0 fully saturated rings. The number of anilines is 1. The second kappa shape index (κ2) is 6.52. The van der Waals surface area contributed by atoms with E-state index < -0.39 is 11.6 Å². The summed E-state index contributed by atoms with van der Waals surface area (Å²) in [6.45, 7) is 5.63. The minimum Gasteiger partial charge on any atom is -0.465 e. The molecule has 1 N–H and O–H groups in total. The van der Waals surface area contributed by atoms with Gasteiger partial charge < -0.3 is 5.11 Å². The van der Waals surface area contributed by atoms with E-state index in [-0.39, 0.29) is 0 Å². The summed E-state index contributed by atoms with van der Waals surface area (Å²) in [4.78, 5) is 13.5. The molecule has 6 heteroatoms. The summed E-state index contributed by atoms with van der Waals surface area (Å²) in [6, 6.07) is 15.5. The lowest BCUT2D eigenvalue weighted by molar-refractivity contribution is 0.195. The van der Waals surface area contributed by atoms with Crippen molar-refractivity contribution < 1.29 is 9.90 Å². The summed E-state index contributed by atoms with van der Waals surface area (Å²) >= 11 is 3.46. The fraction of sp³-hybridized carbons (Fsp3) is 0.263. The van der Waals surface area contributed by atoms with E-state index >= 15 is 0 Å². The first-order chi connectivity index (χ1) is 11.8. The minimum atomic E-state index is -1.00. The Kier molecular flexibility index (Phi) is 4.56. The SMILES string of the molecule is CC(C)(C)N(C(=O)O)c1c2ccc(CBr)cc2nn1-c1ccccc1. The molecule has 1 amide bonds. The average Bonchev–Trinajstić information content (AvgIpc) is 2.92. The number of hydrogen-bond acceptors (Lipinski definition) is 2. The molecule has 0 aliphatic carbocycles. The molecule has 0 saturated carbocycles. The van der Waals surface area contributed by atoms with Gasteiger partial charge in [0.05, 0.1) is 11.2 Å². The van der Waals surface area contributed by atoms with E-state index in [9.17, 15) is 9.90 Å². The topological polar surface area (TPSA) is 58.4 Å². The van der Waals surface area contributed by atoms with Crippen molar-refractivity contribution in [1.29, 1.82) is 0 Å². The molecule has 130 valence electrons. The van der Waals surface area contributed by atoms with Crippen molar-refractivity contribution in [2.24, 2.45) is 0 Å². The summed E-state index contributed by atoms with van der Waals surface area (Å²) in [7, 11) is 0. The molecular weight excluding hydrogens is 382 g/mol. The van der Waals surface area contributed by atoms with Gasteiger partial charge >= 0.3 is 6.09 Å². The zero-order valence-corrected chi connectivity index (χ0v) is 16.0. The Morgan fingerprint density at radius 3 is 2.44 bits per heavy atom. The van der Waals surface area contributed by atoms with E-state index in [2.05, 4.69) is 15.9 Å². The van der Waals surface area contributed by atoms with Gasteiger partial charge in [-0.15, -0.1) is 0 Å². The fourth-order valence-electron chi connectivity index (χ4n) is 2.86. The first kappa shape index (κ1) is 17.5. The van der Waals surface area contributed by atoms with Gasteiger partial charge in [-0.3, -0.25) is 4.90 Å². The molecule has 0 aliphatic heterocycles. The van der Waals surface area contributed by atoms with Crippen LogP contribution in [-0.4, -0.2) is 26.5 Å². The van der Waals surface area contributed by atoms with Crippen LogP contribution in [0.4, 0.5) is 10.6 Å². The minimum absolute atomic E-state index is 0.558. The third-order valence-corrected chi connectivity index (χ3v) is 4.59. The molecule has 3 aromatic rings. The predicted molar refractivity (Wildman–Crippen MR) is 104 cm³/mol. The number of nitrogens with zero attached hydrogens (tertiary/aromatic N) is 3. The van der Waals surface area contributed by atoms with Crippen molar-refractivity contribution in [3.8, 4) is 5.69 Å². The number of para-hydroxylation sites is 1. The van der Waals surface area contributed by atoms with Crippen molar-refractivity contribution in [3.05, 3.63) is 54.1 Å². The van der Waals surface area contributed by atoms with Crippen molar-refractivity contribution in [2.75, 3.05) is 4.90 Å². The highest BCUT2D eigenvalue weighted by molar-refractivity contribution is 9.08. The van der Waals surface area contributed by atoms with Gasteiger partial charge in [0.1, 0.15) is 5.82 Å². The number of carbonyl (C=O) groups is 1. The summed E-state index contributed by atoms with van der Waals surface area (Å²) < 4.78 is 1.71. The van der Waals surface area contributed by atoms with E-state index in [1.54, 1.807) is 4.68 Å². The molecule has 0 aliphatic rings. The predicted octanol–water partition coefficient (Wildman–Crippen LogP) is 5.20. The van der Waals surface area contributed by atoms with Crippen LogP contribution in [0.5, 0.6) is 0 Å². The van der Waals surface area contributed by atoms with Crippen molar-refractivity contribution in [3.63, 3.8) is 0 Å². The molecular formula is C19H20BrN3O2. The molecule has 3 rings (SSSR count). The fourth-order valence-corrected chi connectivity index (χ4v) is 3.21. The monoisotopic (exact) mass is 401 g/mol. The van der Waals surface area contributed by atoms with Gasteiger partial charge in [0.2, 0.25) is 0 Å². The number of aromatic nitrogens is 2. The molecule has 1 aromatic heterocycles. The van der Waals surface area contributed by atoms with Gasteiger partial charge in [0, 0.05) is 16.3 Å². The van der Waals surface area contributed by atoms with Gasteiger partial charge in [0.25, 0.3) is 0 Å². The molecule has 0 bridgehead atoms. The van der Waals surface area contributed by atoms with Gasteiger partial charge in [-0.2, -0.15) is 5.10 Å². The van der Waals surface area contributed by atoms with E-state index in [1.165, 1.54) is 4.90 Å². The number of rotatable bonds is 3. The Morgan fingerprint density at radius 2 is 1.88 bits per heavy atom. The number of hydrogen-bond donors (Lipinski definition) is 1. The number of benzene rings is 2. The number of carboxylic acid groups (broad SMARTS) is 1. The van der Waals surface area contributed by atoms with E-state index in [1.807, 2.05) is 69.3 Å². The third kappa shape index (κ3) is 3.26. The lowest BCUT2D eigenvalue weighted by atomic mass is 10.1. The maximum atomic E-state index is 12.1. The number of alkyl halides is 1. The second-order valence-electron chi connectivity index (χ2n) is 6.84. The Hall–Kier alpha value is -2.34. The Bertz CT molecular complexity index is 914. The first-order valence-corrected chi connectivity index (χ1v) is 9.11. The van der Waals surface area contributed by atoms with Crippen LogP contribution in [0, 0.1) is 0 Å². The van der Waals surface area contributed by atoms with Gasteiger partial charge in [-0.05, 0) is 50.6 Å². The number of fused-ring (bicyclic) bond motifs is 1. The highest BCUT2D eigenvalue weighted by atomic mass is 79.9. The van der Waals surface area contributed by atoms with E-state index in [4.69, 9.17) is 5.10 Å². The smallest absolute Gasteiger partial charge is 0.413 e. The van der Waals surface area contributed by atoms with Crippen molar-refractivity contribution >= 4 is 38.7 Å². The maximum absolute atomic E-state index is 12.1. The Balaban J connectivity index is 2.36. The zero-order chi connectivity index (χ0) is 18.2. The highest BCUT2D eigenvalue weighted by Gasteiger charge is 2.33. The lowest BCUT2D eigenvalue weighted by Crippen LogP contribution is -2.46. The number of halogens is 1. The molecule has 0 unspecified atom stereocenters. The van der Waals surface area contributed by atoms with Crippen molar-refractivity contribution in [1.82, 2.24) is 9.78 Å². The van der Waals surface area contributed by atoms with Crippen LogP contribution < -0.4 is 4.90 Å². The highest BCUT2D eigenvalue weighted by Crippen LogP contribution is 2.34. The van der Waals surface area contributed by atoms with Gasteiger partial charge in [0.15, 0.2) is 0 Å². The summed E-state index contributed by atoms with van der Waals surface area (Å²) in [5.41, 5.74) is 2.07. The standard InChI is InChI=1S/C19H20BrN3O2/c1-19(2,3)22(18(24)25)17-15-10-9-13(12-20)11-16(15)21-23(17)14-7-5-4-6-8-14/h4-11H,12H2,1-3H3,(H,24,25).